The molecule has 0 spiro atoms. The molecule has 0 fully saturated rings. The molecule has 3 N–H and O–H groups in total. The van der Waals surface area contributed by atoms with Gasteiger partial charge in [-0.25, -0.2) is 8.42 Å². The van der Waals surface area contributed by atoms with Crippen LogP contribution in [0.3, 0.4) is 0 Å². The second-order valence-corrected chi connectivity index (χ2v) is 16.6. The molecule has 0 atom stereocenters. The molecule has 4 aromatic rings. The summed E-state index contributed by atoms with van der Waals surface area (Å²) in [6.07, 6.45) is 8.56. The first-order valence-corrected chi connectivity index (χ1v) is 21.1. The summed E-state index contributed by atoms with van der Waals surface area (Å²) in [6, 6.07) is 24.7. The van der Waals surface area contributed by atoms with E-state index in [9.17, 15) is 13.2 Å². The Balaban J connectivity index is 1.70. The average molecular weight is 740 g/mol. The molecule has 8 heteroatoms. The third-order valence-corrected chi connectivity index (χ3v) is 11.1. The van der Waals surface area contributed by atoms with Crippen LogP contribution in [0.15, 0.2) is 83.8 Å². The highest BCUT2D eigenvalue weighted by atomic mass is 32.2. The first-order chi connectivity index (χ1) is 25.3. The van der Waals surface area contributed by atoms with Crippen LogP contribution in [-0.4, -0.2) is 20.9 Å². The summed E-state index contributed by atoms with van der Waals surface area (Å²) in [5.74, 6) is 0.800. The second kappa shape index (κ2) is 19.7. The van der Waals surface area contributed by atoms with Crippen molar-refractivity contribution in [1.29, 1.82) is 0 Å². The second-order valence-electron chi connectivity index (χ2n) is 15.0. The summed E-state index contributed by atoms with van der Waals surface area (Å²) in [5, 5.41) is 6.55. The lowest BCUT2D eigenvalue weighted by Crippen LogP contribution is -2.20. The van der Waals surface area contributed by atoms with Gasteiger partial charge in [0, 0.05) is 11.3 Å². The molecule has 0 unspecified atom stereocenters. The van der Waals surface area contributed by atoms with Crippen molar-refractivity contribution in [1.82, 2.24) is 0 Å². The Morgan fingerprint density at radius 1 is 0.679 bits per heavy atom. The van der Waals surface area contributed by atoms with Crippen molar-refractivity contribution in [2.24, 2.45) is 0 Å². The van der Waals surface area contributed by atoms with Gasteiger partial charge < -0.3 is 15.4 Å². The molecule has 0 saturated carbocycles. The molecule has 0 saturated heterocycles. The standard InChI is InChI=1S/C45H61N3O4S/c1-9-11-13-17-27-52-38-24-21-36(22-25-38)46-42-26-23-37(30-43(42)47-45(49)39-20-16-15-19-34(39)18-14-12-10-2)48-53(50,51)44-40(32(5)6)28-35(31(3)4)29-41(44)33(7)8/h15-16,19-26,28-33,46,48H,9-14,17-18,27H2,1-8H3,(H,47,49). The molecule has 0 aliphatic rings. The maximum absolute atomic E-state index is 14.4. The number of aryl methyl sites for hydroxylation is 1. The van der Waals surface area contributed by atoms with E-state index in [-0.39, 0.29) is 23.7 Å². The number of ether oxygens (including phenoxy) is 1. The zero-order chi connectivity index (χ0) is 38.5. The van der Waals surface area contributed by atoms with E-state index in [1.807, 2.05) is 88.4 Å². The molecule has 286 valence electrons. The number of amides is 1. The van der Waals surface area contributed by atoms with Crippen LogP contribution in [0.4, 0.5) is 22.7 Å². The third-order valence-electron chi connectivity index (χ3n) is 9.58. The number of rotatable bonds is 20. The van der Waals surface area contributed by atoms with Gasteiger partial charge in [-0.2, -0.15) is 0 Å². The number of benzene rings is 4. The summed E-state index contributed by atoms with van der Waals surface area (Å²) < 4.78 is 37.6. The predicted molar refractivity (Wildman–Crippen MR) is 223 cm³/mol. The number of anilines is 4. The molecule has 0 aliphatic carbocycles. The van der Waals surface area contributed by atoms with Gasteiger partial charge in [0.25, 0.3) is 15.9 Å². The van der Waals surface area contributed by atoms with E-state index in [4.69, 9.17) is 4.74 Å². The fourth-order valence-corrected chi connectivity index (χ4v) is 8.20. The largest absolute Gasteiger partial charge is 0.494 e. The number of hydrogen-bond donors (Lipinski definition) is 3. The molecule has 0 bridgehead atoms. The van der Waals surface area contributed by atoms with Gasteiger partial charge in [-0.05, 0) is 108 Å². The fraction of sp³-hybridized carbons (Fsp3) is 0.444. The van der Waals surface area contributed by atoms with Gasteiger partial charge in [0.15, 0.2) is 0 Å². The molecule has 0 heterocycles. The monoisotopic (exact) mass is 739 g/mol. The summed E-state index contributed by atoms with van der Waals surface area (Å²) in [6.45, 7) is 17.4. The van der Waals surface area contributed by atoms with E-state index in [0.29, 0.717) is 34.1 Å². The van der Waals surface area contributed by atoms with E-state index in [1.54, 1.807) is 18.2 Å². The lowest BCUT2D eigenvalue weighted by Gasteiger charge is -2.23. The van der Waals surface area contributed by atoms with Crippen molar-refractivity contribution in [3.05, 3.63) is 107 Å². The summed E-state index contributed by atoms with van der Waals surface area (Å²) >= 11 is 0. The van der Waals surface area contributed by atoms with E-state index in [1.165, 1.54) is 12.8 Å². The van der Waals surface area contributed by atoms with Crippen LogP contribution in [0.25, 0.3) is 0 Å². The highest BCUT2D eigenvalue weighted by Gasteiger charge is 2.27. The van der Waals surface area contributed by atoms with Crippen LogP contribution < -0.4 is 20.1 Å². The topological polar surface area (TPSA) is 96.5 Å². The minimum atomic E-state index is -4.01. The first kappa shape index (κ1) is 41.5. The summed E-state index contributed by atoms with van der Waals surface area (Å²) in [4.78, 5) is 14.3. The minimum Gasteiger partial charge on any atom is -0.494 e. The minimum absolute atomic E-state index is 0.00515. The Hall–Kier alpha value is -4.30. The van der Waals surface area contributed by atoms with Gasteiger partial charge in [0.2, 0.25) is 0 Å². The molecular weight excluding hydrogens is 679 g/mol. The molecule has 0 aliphatic heterocycles. The van der Waals surface area contributed by atoms with Crippen LogP contribution in [0.2, 0.25) is 0 Å². The van der Waals surface area contributed by atoms with Gasteiger partial charge in [0.1, 0.15) is 5.75 Å². The molecule has 0 radical (unpaired) electrons. The normalized spacial score (nSPS) is 11.7. The van der Waals surface area contributed by atoms with Crippen molar-refractivity contribution >= 4 is 38.7 Å². The van der Waals surface area contributed by atoms with Gasteiger partial charge in [-0.15, -0.1) is 0 Å². The van der Waals surface area contributed by atoms with Crippen molar-refractivity contribution in [3.63, 3.8) is 0 Å². The van der Waals surface area contributed by atoms with E-state index in [2.05, 4.69) is 43.1 Å². The number of hydrogen-bond acceptors (Lipinski definition) is 5. The van der Waals surface area contributed by atoms with Gasteiger partial charge in [0.05, 0.1) is 28.6 Å². The quantitative estimate of drug-likeness (QED) is 0.0784. The third kappa shape index (κ3) is 11.6. The average Bonchev–Trinajstić information content (AvgIpc) is 3.12. The van der Waals surface area contributed by atoms with E-state index < -0.39 is 10.0 Å². The maximum atomic E-state index is 14.4. The lowest BCUT2D eigenvalue weighted by molar-refractivity contribution is 0.102. The van der Waals surface area contributed by atoms with E-state index in [0.717, 1.165) is 72.2 Å². The van der Waals surface area contributed by atoms with Gasteiger partial charge >= 0.3 is 0 Å². The molecule has 1 amide bonds. The van der Waals surface area contributed by atoms with Crippen molar-refractivity contribution < 1.29 is 17.9 Å². The highest BCUT2D eigenvalue weighted by Crippen LogP contribution is 2.37. The highest BCUT2D eigenvalue weighted by molar-refractivity contribution is 7.92. The molecule has 4 aromatic carbocycles. The molecule has 4 rings (SSSR count). The first-order valence-electron chi connectivity index (χ1n) is 19.6. The van der Waals surface area contributed by atoms with Crippen LogP contribution in [-0.2, 0) is 16.4 Å². The van der Waals surface area contributed by atoms with Crippen molar-refractivity contribution in [2.75, 3.05) is 22.0 Å². The molecule has 7 nitrogen and oxygen atoms in total. The zero-order valence-corrected chi connectivity index (χ0v) is 34.0. The van der Waals surface area contributed by atoms with Crippen LogP contribution >= 0.6 is 0 Å². The Labute approximate surface area is 319 Å². The SMILES string of the molecule is CCCCCCOc1ccc(Nc2ccc(NS(=O)(=O)c3c(C(C)C)cc(C(C)C)cc3C(C)C)cc2NC(=O)c2ccccc2CCCCC)cc1. The number of nitrogens with one attached hydrogen (secondary N) is 3. The van der Waals surface area contributed by atoms with Crippen molar-refractivity contribution in [2.45, 2.75) is 129 Å². The van der Waals surface area contributed by atoms with Gasteiger partial charge in [-0.1, -0.05) is 118 Å². The van der Waals surface area contributed by atoms with Crippen LogP contribution in [0.1, 0.15) is 151 Å². The van der Waals surface area contributed by atoms with E-state index >= 15 is 0 Å². The maximum Gasteiger partial charge on any atom is 0.262 e. The Kier molecular flexibility index (Phi) is 15.4. The Morgan fingerprint density at radius 3 is 1.92 bits per heavy atom. The number of carbonyl (C=O) groups is 1. The van der Waals surface area contributed by atoms with Crippen LogP contribution in [0.5, 0.6) is 5.75 Å². The Morgan fingerprint density at radius 2 is 1.30 bits per heavy atom. The number of sulfonamides is 1. The van der Waals surface area contributed by atoms with Crippen LogP contribution in [0, 0.1) is 0 Å². The molecular formula is C45H61N3O4S. The van der Waals surface area contributed by atoms with Crippen molar-refractivity contribution in [3.8, 4) is 5.75 Å². The lowest BCUT2D eigenvalue weighted by atomic mass is 9.89. The Bertz CT molecular complexity index is 1870. The predicted octanol–water partition coefficient (Wildman–Crippen LogP) is 12.5. The smallest absolute Gasteiger partial charge is 0.262 e. The summed E-state index contributed by atoms with van der Waals surface area (Å²) in [7, 11) is -4.01. The fourth-order valence-electron chi connectivity index (χ4n) is 6.45. The molecule has 53 heavy (non-hydrogen) atoms. The zero-order valence-electron chi connectivity index (χ0n) is 33.1. The number of unbranched alkanes of at least 4 members (excludes halogenated alkanes) is 5. The summed E-state index contributed by atoms with van der Waals surface area (Å²) in [5.41, 5.74) is 6.56. The number of carbonyl (C=O) groups excluding carboxylic acids is 1. The molecule has 0 aromatic heterocycles. The van der Waals surface area contributed by atoms with Gasteiger partial charge in [-0.3, -0.25) is 9.52 Å².